The summed E-state index contributed by atoms with van der Waals surface area (Å²) >= 11 is 1.97. The van der Waals surface area contributed by atoms with Crippen LogP contribution < -0.4 is 5.32 Å². The van der Waals surface area contributed by atoms with Crippen molar-refractivity contribution in [3.8, 4) is 0 Å². The second-order valence-electron chi connectivity index (χ2n) is 4.52. The van der Waals surface area contributed by atoms with Crippen LogP contribution in [-0.2, 0) is 14.3 Å². The first kappa shape index (κ1) is 15.3. The molecule has 0 spiro atoms. The molecule has 0 unspecified atom stereocenters. The third-order valence-electron chi connectivity index (χ3n) is 3.00. The van der Waals surface area contributed by atoms with E-state index in [0.717, 1.165) is 12.8 Å². The Labute approximate surface area is 113 Å². The van der Waals surface area contributed by atoms with E-state index in [1.54, 1.807) is 6.92 Å². The molecule has 0 aliphatic carbocycles. The zero-order valence-electron chi connectivity index (χ0n) is 11.1. The van der Waals surface area contributed by atoms with Gasteiger partial charge in [0.2, 0.25) is 5.91 Å². The Hall–Kier alpha value is -0.710. The summed E-state index contributed by atoms with van der Waals surface area (Å²) in [5.41, 5.74) is 0. The zero-order valence-corrected chi connectivity index (χ0v) is 11.9. The van der Waals surface area contributed by atoms with E-state index < -0.39 is 0 Å². The first-order chi connectivity index (χ1) is 8.72. The minimum absolute atomic E-state index is 0.121. The minimum atomic E-state index is -0.184. The highest BCUT2D eigenvalue weighted by atomic mass is 32.2. The van der Waals surface area contributed by atoms with Crippen molar-refractivity contribution in [1.82, 2.24) is 5.32 Å². The normalized spacial score (nSPS) is 16.3. The van der Waals surface area contributed by atoms with Crippen molar-refractivity contribution in [1.29, 1.82) is 0 Å². The van der Waals surface area contributed by atoms with Crippen LogP contribution in [0.15, 0.2) is 0 Å². The number of amides is 1. The molecule has 0 radical (unpaired) electrons. The summed E-state index contributed by atoms with van der Waals surface area (Å²) in [6, 6.07) is 0. The topological polar surface area (TPSA) is 55.4 Å². The maximum atomic E-state index is 11.6. The molecular weight excluding hydrogens is 250 g/mol. The summed E-state index contributed by atoms with van der Waals surface area (Å²) in [4.78, 5) is 22.7. The molecule has 0 saturated carbocycles. The van der Waals surface area contributed by atoms with Crippen LogP contribution in [0.3, 0.4) is 0 Å². The molecule has 1 saturated heterocycles. The summed E-state index contributed by atoms with van der Waals surface area (Å²) in [6.45, 7) is 2.78. The second-order valence-corrected chi connectivity index (χ2v) is 5.74. The van der Waals surface area contributed by atoms with E-state index in [-0.39, 0.29) is 11.9 Å². The summed E-state index contributed by atoms with van der Waals surface area (Å²) in [7, 11) is 0. The van der Waals surface area contributed by atoms with Gasteiger partial charge in [0, 0.05) is 19.4 Å². The van der Waals surface area contributed by atoms with Gasteiger partial charge in [-0.1, -0.05) is 0 Å². The molecule has 5 heteroatoms. The number of hydrogen-bond donors (Lipinski definition) is 1. The van der Waals surface area contributed by atoms with E-state index in [1.165, 1.54) is 11.5 Å². The van der Waals surface area contributed by atoms with Crippen molar-refractivity contribution < 1.29 is 14.3 Å². The molecule has 104 valence electrons. The average Bonchev–Trinajstić information content (AvgIpc) is 2.36. The van der Waals surface area contributed by atoms with Crippen molar-refractivity contribution in [2.24, 2.45) is 5.92 Å². The van der Waals surface area contributed by atoms with Gasteiger partial charge in [0.25, 0.3) is 0 Å². The van der Waals surface area contributed by atoms with Gasteiger partial charge in [-0.3, -0.25) is 9.59 Å². The highest BCUT2D eigenvalue weighted by Crippen LogP contribution is 2.24. The maximum absolute atomic E-state index is 11.6. The highest BCUT2D eigenvalue weighted by molar-refractivity contribution is 7.99. The maximum Gasteiger partial charge on any atom is 0.305 e. The van der Waals surface area contributed by atoms with Gasteiger partial charge in [-0.2, -0.15) is 11.8 Å². The molecule has 1 rings (SSSR count). The van der Waals surface area contributed by atoms with Crippen LogP contribution in [0, 0.1) is 5.92 Å². The van der Waals surface area contributed by atoms with Crippen molar-refractivity contribution in [3.63, 3.8) is 0 Å². The van der Waals surface area contributed by atoms with E-state index in [2.05, 4.69) is 5.32 Å². The number of ether oxygens (including phenoxy) is 1. The lowest BCUT2D eigenvalue weighted by Gasteiger charge is -2.20. The molecule has 1 N–H and O–H groups in total. The lowest BCUT2D eigenvalue weighted by Crippen LogP contribution is -2.28. The number of esters is 1. The summed E-state index contributed by atoms with van der Waals surface area (Å²) < 4.78 is 4.82. The van der Waals surface area contributed by atoms with Crippen LogP contribution in [0.4, 0.5) is 0 Å². The largest absolute Gasteiger partial charge is 0.466 e. The summed E-state index contributed by atoms with van der Waals surface area (Å²) in [5, 5.41) is 2.87. The van der Waals surface area contributed by atoms with Crippen LogP contribution in [0.2, 0.25) is 0 Å². The van der Waals surface area contributed by atoms with E-state index in [0.29, 0.717) is 38.3 Å². The Morgan fingerprint density at radius 3 is 2.72 bits per heavy atom. The lowest BCUT2D eigenvalue weighted by molar-refractivity contribution is -0.143. The number of carbonyl (C=O) groups excluding carboxylic acids is 2. The van der Waals surface area contributed by atoms with Crippen molar-refractivity contribution in [2.75, 3.05) is 24.7 Å². The van der Waals surface area contributed by atoms with Crippen LogP contribution in [-0.4, -0.2) is 36.5 Å². The van der Waals surface area contributed by atoms with E-state index in [1.807, 2.05) is 11.8 Å². The number of carbonyl (C=O) groups is 2. The zero-order chi connectivity index (χ0) is 13.2. The highest BCUT2D eigenvalue weighted by Gasteiger charge is 2.16. The van der Waals surface area contributed by atoms with Gasteiger partial charge in [-0.05, 0) is 43.6 Å². The van der Waals surface area contributed by atoms with E-state index in [9.17, 15) is 9.59 Å². The summed E-state index contributed by atoms with van der Waals surface area (Å²) in [5.74, 6) is 2.85. The van der Waals surface area contributed by atoms with Gasteiger partial charge < -0.3 is 10.1 Å². The van der Waals surface area contributed by atoms with Crippen molar-refractivity contribution >= 4 is 23.6 Å². The summed E-state index contributed by atoms with van der Waals surface area (Å²) in [6.07, 6.45) is 3.99. The minimum Gasteiger partial charge on any atom is -0.466 e. The third-order valence-corrected chi connectivity index (χ3v) is 4.05. The number of nitrogens with one attached hydrogen (secondary N) is 1. The Balaban J connectivity index is 2.01. The van der Waals surface area contributed by atoms with Gasteiger partial charge >= 0.3 is 5.97 Å². The molecule has 0 aromatic carbocycles. The van der Waals surface area contributed by atoms with Gasteiger partial charge in [-0.15, -0.1) is 0 Å². The third kappa shape index (κ3) is 6.89. The van der Waals surface area contributed by atoms with Crippen LogP contribution in [0.1, 0.15) is 39.0 Å². The Morgan fingerprint density at radius 2 is 2.06 bits per heavy atom. The first-order valence-corrected chi connectivity index (χ1v) is 7.88. The van der Waals surface area contributed by atoms with Crippen LogP contribution >= 0.6 is 11.8 Å². The van der Waals surface area contributed by atoms with Crippen molar-refractivity contribution in [2.45, 2.75) is 39.0 Å². The van der Waals surface area contributed by atoms with Crippen molar-refractivity contribution in [3.05, 3.63) is 0 Å². The molecule has 0 aromatic rings. The molecule has 0 aromatic heterocycles. The average molecular weight is 273 g/mol. The van der Waals surface area contributed by atoms with E-state index >= 15 is 0 Å². The molecule has 1 aliphatic rings. The van der Waals surface area contributed by atoms with Gasteiger partial charge in [0.15, 0.2) is 0 Å². The first-order valence-electron chi connectivity index (χ1n) is 6.72. The molecule has 0 bridgehead atoms. The number of hydrogen-bond acceptors (Lipinski definition) is 4. The quantitative estimate of drug-likeness (QED) is 0.569. The molecule has 1 aliphatic heterocycles. The van der Waals surface area contributed by atoms with Crippen LogP contribution in [0.5, 0.6) is 0 Å². The Kier molecular flexibility index (Phi) is 7.89. The smallest absolute Gasteiger partial charge is 0.305 e. The predicted octanol–water partition coefficient (Wildman–Crippen LogP) is 1.98. The van der Waals surface area contributed by atoms with Crippen LogP contribution in [0.25, 0.3) is 0 Å². The molecular formula is C13H23NO3S. The SMILES string of the molecule is CCOC(=O)CCCNC(=O)CC1CCSCC1. The fourth-order valence-electron chi connectivity index (χ4n) is 1.98. The predicted molar refractivity (Wildman–Crippen MR) is 73.5 cm³/mol. The lowest BCUT2D eigenvalue weighted by atomic mass is 9.98. The molecule has 1 fully saturated rings. The second kappa shape index (κ2) is 9.25. The van der Waals surface area contributed by atoms with Gasteiger partial charge in [-0.25, -0.2) is 0 Å². The van der Waals surface area contributed by atoms with Gasteiger partial charge in [0.1, 0.15) is 0 Å². The standard InChI is InChI=1S/C13H23NO3S/c1-2-17-13(16)4-3-7-14-12(15)10-11-5-8-18-9-6-11/h11H,2-10H2,1H3,(H,14,15). The molecule has 18 heavy (non-hydrogen) atoms. The molecule has 1 amide bonds. The molecule has 1 heterocycles. The number of thioether (sulfide) groups is 1. The fourth-order valence-corrected chi connectivity index (χ4v) is 3.18. The molecule has 4 nitrogen and oxygen atoms in total. The number of rotatable bonds is 7. The Bertz CT molecular complexity index is 265. The molecule has 0 atom stereocenters. The fraction of sp³-hybridized carbons (Fsp3) is 0.846. The van der Waals surface area contributed by atoms with Gasteiger partial charge in [0.05, 0.1) is 6.61 Å². The van der Waals surface area contributed by atoms with E-state index in [4.69, 9.17) is 4.74 Å². The monoisotopic (exact) mass is 273 g/mol. The Morgan fingerprint density at radius 1 is 1.33 bits per heavy atom.